The Morgan fingerprint density at radius 3 is 2.65 bits per heavy atom. The van der Waals surface area contributed by atoms with Crippen molar-refractivity contribution in [2.45, 2.75) is 26.4 Å². The van der Waals surface area contributed by atoms with Crippen LogP contribution in [0.2, 0.25) is 0 Å². The lowest BCUT2D eigenvalue weighted by Gasteiger charge is -2.22. The van der Waals surface area contributed by atoms with Crippen LogP contribution in [0, 0.1) is 0 Å². The van der Waals surface area contributed by atoms with Gasteiger partial charge in [-0.05, 0) is 37.6 Å². The highest BCUT2D eigenvalue weighted by atomic mass is 16.6. The van der Waals surface area contributed by atoms with Gasteiger partial charge in [0.15, 0.2) is 0 Å². The number of rotatable bonds is 6. The molecule has 0 aromatic heterocycles. The van der Waals surface area contributed by atoms with Gasteiger partial charge < -0.3 is 9.64 Å². The molecule has 1 aromatic rings. The van der Waals surface area contributed by atoms with Crippen LogP contribution in [0.4, 0.5) is 5.69 Å². The van der Waals surface area contributed by atoms with Gasteiger partial charge in [0.2, 0.25) is 0 Å². The summed E-state index contributed by atoms with van der Waals surface area (Å²) in [4.78, 5) is 13.3. The Labute approximate surface area is 102 Å². The molecular weight excluding hydrogens is 214 g/mol. The molecule has 0 saturated carbocycles. The van der Waals surface area contributed by atoms with Gasteiger partial charge in [-0.1, -0.05) is 0 Å². The van der Waals surface area contributed by atoms with Gasteiger partial charge in [-0.15, -0.1) is 0 Å². The molecular formula is C14H19NO2. The summed E-state index contributed by atoms with van der Waals surface area (Å²) in [5.41, 5.74) is 3.08. The summed E-state index contributed by atoms with van der Waals surface area (Å²) >= 11 is 0. The first-order valence-corrected chi connectivity index (χ1v) is 6.23. The third kappa shape index (κ3) is 2.86. The number of ether oxygens (including phenoxy) is 1. The Morgan fingerprint density at radius 1 is 1.41 bits per heavy atom. The third-order valence-corrected chi connectivity index (χ3v) is 3.23. The van der Waals surface area contributed by atoms with E-state index >= 15 is 0 Å². The summed E-state index contributed by atoms with van der Waals surface area (Å²) < 4.78 is 5.24. The molecule has 0 aliphatic carbocycles. The summed E-state index contributed by atoms with van der Waals surface area (Å²) in [5.74, 6) is 0. The SMILES string of the molecule is CCN(CC)c1ccc(C=O)c(CC2CO2)c1. The van der Waals surface area contributed by atoms with Crippen LogP contribution in [0.25, 0.3) is 0 Å². The maximum absolute atomic E-state index is 11.0. The molecule has 1 aliphatic rings. The lowest BCUT2D eigenvalue weighted by atomic mass is 10.0. The van der Waals surface area contributed by atoms with Crippen LogP contribution in [0.3, 0.4) is 0 Å². The molecule has 2 rings (SSSR count). The summed E-state index contributed by atoms with van der Waals surface area (Å²) in [6.07, 6.45) is 2.10. The molecule has 1 atom stereocenters. The number of carbonyl (C=O) groups is 1. The first-order valence-electron chi connectivity index (χ1n) is 6.23. The molecule has 1 aromatic carbocycles. The van der Waals surface area contributed by atoms with Crippen LogP contribution in [-0.4, -0.2) is 32.1 Å². The minimum Gasteiger partial charge on any atom is -0.373 e. The molecule has 1 fully saturated rings. The highest BCUT2D eigenvalue weighted by molar-refractivity contribution is 5.78. The average molecular weight is 233 g/mol. The number of hydrogen-bond donors (Lipinski definition) is 0. The van der Waals surface area contributed by atoms with E-state index in [-0.39, 0.29) is 0 Å². The van der Waals surface area contributed by atoms with E-state index in [1.165, 1.54) is 5.69 Å². The molecule has 0 N–H and O–H groups in total. The van der Waals surface area contributed by atoms with Crippen LogP contribution in [-0.2, 0) is 11.2 Å². The zero-order valence-electron chi connectivity index (χ0n) is 10.5. The van der Waals surface area contributed by atoms with Crippen molar-refractivity contribution >= 4 is 12.0 Å². The van der Waals surface area contributed by atoms with Crippen LogP contribution < -0.4 is 4.90 Å². The highest BCUT2D eigenvalue weighted by Crippen LogP contribution is 2.23. The fraction of sp³-hybridized carbons (Fsp3) is 0.500. The van der Waals surface area contributed by atoms with Gasteiger partial charge in [0.1, 0.15) is 6.29 Å². The smallest absolute Gasteiger partial charge is 0.150 e. The molecule has 0 radical (unpaired) electrons. The summed E-state index contributed by atoms with van der Waals surface area (Å²) in [6, 6.07) is 6.06. The predicted octanol–water partition coefficient (Wildman–Crippen LogP) is 2.29. The molecule has 1 saturated heterocycles. The van der Waals surface area contributed by atoms with Gasteiger partial charge in [-0.2, -0.15) is 0 Å². The largest absolute Gasteiger partial charge is 0.373 e. The van der Waals surface area contributed by atoms with Gasteiger partial charge >= 0.3 is 0 Å². The quantitative estimate of drug-likeness (QED) is 0.558. The number of carbonyl (C=O) groups excluding carboxylic acids is 1. The first kappa shape index (κ1) is 12.1. The second kappa shape index (κ2) is 5.32. The Hall–Kier alpha value is -1.35. The molecule has 0 amide bonds. The first-order chi connectivity index (χ1) is 8.28. The van der Waals surface area contributed by atoms with Crippen molar-refractivity contribution < 1.29 is 9.53 Å². The third-order valence-electron chi connectivity index (χ3n) is 3.23. The second-order valence-corrected chi connectivity index (χ2v) is 4.33. The van der Waals surface area contributed by atoms with Crippen LogP contribution >= 0.6 is 0 Å². The van der Waals surface area contributed by atoms with E-state index in [1.54, 1.807) is 0 Å². The zero-order chi connectivity index (χ0) is 12.3. The van der Waals surface area contributed by atoms with E-state index in [0.717, 1.165) is 43.5 Å². The number of nitrogens with zero attached hydrogens (tertiary/aromatic N) is 1. The minimum atomic E-state index is 0.320. The van der Waals surface area contributed by atoms with E-state index in [1.807, 2.05) is 12.1 Å². The van der Waals surface area contributed by atoms with E-state index < -0.39 is 0 Å². The molecule has 3 heteroatoms. The Bertz CT molecular complexity index is 395. The van der Waals surface area contributed by atoms with Crippen LogP contribution in [0.15, 0.2) is 18.2 Å². The van der Waals surface area contributed by atoms with Crippen molar-refractivity contribution in [3.63, 3.8) is 0 Å². The summed E-state index contributed by atoms with van der Waals surface area (Å²) in [5, 5.41) is 0. The monoisotopic (exact) mass is 233 g/mol. The molecule has 0 spiro atoms. The van der Waals surface area contributed by atoms with E-state index in [4.69, 9.17) is 4.74 Å². The minimum absolute atomic E-state index is 0.320. The zero-order valence-corrected chi connectivity index (χ0v) is 10.5. The van der Waals surface area contributed by atoms with Crippen molar-refractivity contribution in [1.29, 1.82) is 0 Å². The normalized spacial score (nSPS) is 17.9. The van der Waals surface area contributed by atoms with E-state index in [9.17, 15) is 4.79 Å². The second-order valence-electron chi connectivity index (χ2n) is 4.33. The Kier molecular flexibility index (Phi) is 3.79. The molecule has 17 heavy (non-hydrogen) atoms. The van der Waals surface area contributed by atoms with Crippen LogP contribution in [0.1, 0.15) is 29.8 Å². The summed E-state index contributed by atoms with van der Waals surface area (Å²) in [7, 11) is 0. The van der Waals surface area contributed by atoms with Crippen molar-refractivity contribution in [2.24, 2.45) is 0 Å². The molecule has 3 nitrogen and oxygen atoms in total. The van der Waals surface area contributed by atoms with Gasteiger partial charge in [0.25, 0.3) is 0 Å². The number of aldehydes is 1. The van der Waals surface area contributed by atoms with Gasteiger partial charge in [-0.25, -0.2) is 0 Å². The number of anilines is 1. The predicted molar refractivity (Wildman–Crippen MR) is 68.8 cm³/mol. The van der Waals surface area contributed by atoms with E-state index in [0.29, 0.717) is 6.10 Å². The van der Waals surface area contributed by atoms with Gasteiger partial charge in [0, 0.05) is 30.8 Å². The molecule has 1 unspecified atom stereocenters. The average Bonchev–Trinajstić information content (AvgIpc) is 3.15. The van der Waals surface area contributed by atoms with Crippen molar-refractivity contribution in [3.8, 4) is 0 Å². The number of benzene rings is 1. The maximum atomic E-state index is 11.0. The highest BCUT2D eigenvalue weighted by Gasteiger charge is 2.24. The standard InChI is InChI=1S/C14H19NO2/c1-3-15(4-2)13-6-5-11(9-16)12(7-13)8-14-10-17-14/h5-7,9,14H,3-4,8,10H2,1-2H3. The number of hydrogen-bond acceptors (Lipinski definition) is 3. The molecule has 1 heterocycles. The number of epoxide rings is 1. The Balaban J connectivity index is 2.25. The van der Waals surface area contributed by atoms with Crippen molar-refractivity contribution in [1.82, 2.24) is 0 Å². The molecule has 1 aliphatic heterocycles. The van der Waals surface area contributed by atoms with Gasteiger partial charge in [-0.3, -0.25) is 4.79 Å². The van der Waals surface area contributed by atoms with Crippen LogP contribution in [0.5, 0.6) is 0 Å². The van der Waals surface area contributed by atoms with Crippen molar-refractivity contribution in [3.05, 3.63) is 29.3 Å². The maximum Gasteiger partial charge on any atom is 0.150 e. The molecule has 0 bridgehead atoms. The fourth-order valence-electron chi connectivity index (χ4n) is 2.10. The van der Waals surface area contributed by atoms with E-state index in [2.05, 4.69) is 24.8 Å². The topological polar surface area (TPSA) is 32.8 Å². The fourth-order valence-corrected chi connectivity index (χ4v) is 2.10. The Morgan fingerprint density at radius 2 is 2.12 bits per heavy atom. The summed E-state index contributed by atoms with van der Waals surface area (Å²) in [6.45, 7) is 7.07. The lowest BCUT2D eigenvalue weighted by Crippen LogP contribution is -2.22. The van der Waals surface area contributed by atoms with Gasteiger partial charge in [0.05, 0.1) is 12.7 Å². The van der Waals surface area contributed by atoms with Crippen molar-refractivity contribution in [2.75, 3.05) is 24.6 Å². The molecule has 92 valence electrons. The lowest BCUT2D eigenvalue weighted by molar-refractivity contribution is 0.112.